The van der Waals surface area contributed by atoms with E-state index >= 15 is 0 Å². The van der Waals surface area contributed by atoms with Crippen LogP contribution >= 0.6 is 11.8 Å². The summed E-state index contributed by atoms with van der Waals surface area (Å²) in [5, 5.41) is -0.174. The summed E-state index contributed by atoms with van der Waals surface area (Å²) in [6.45, 7) is -0.313. The summed E-state index contributed by atoms with van der Waals surface area (Å²) in [6, 6.07) is 2.68. The van der Waals surface area contributed by atoms with Crippen molar-refractivity contribution in [1.82, 2.24) is 9.88 Å². The van der Waals surface area contributed by atoms with E-state index in [9.17, 15) is 23.2 Å². The first-order valence-electron chi connectivity index (χ1n) is 6.39. The molecule has 1 aromatic heterocycles. The molecule has 0 unspecified atom stereocenters. The van der Waals surface area contributed by atoms with E-state index in [0.717, 1.165) is 4.90 Å². The average Bonchev–Trinajstić information content (AvgIpc) is 2.90. The Kier molecular flexibility index (Phi) is 5.42. The molecule has 0 saturated carbocycles. The van der Waals surface area contributed by atoms with Crippen molar-refractivity contribution < 1.29 is 27.9 Å². The lowest BCUT2D eigenvalue weighted by molar-refractivity contribution is -0.143. The van der Waals surface area contributed by atoms with Crippen LogP contribution in [0.15, 0.2) is 23.4 Å². The van der Waals surface area contributed by atoms with Gasteiger partial charge in [0.15, 0.2) is 6.61 Å². The smallest absolute Gasteiger partial charge is 0.341 e. The van der Waals surface area contributed by atoms with Crippen LogP contribution in [-0.4, -0.2) is 46.6 Å². The van der Waals surface area contributed by atoms with Crippen molar-refractivity contribution >= 4 is 29.5 Å². The Morgan fingerprint density at radius 3 is 2.86 bits per heavy atom. The van der Waals surface area contributed by atoms with Gasteiger partial charge in [0, 0.05) is 19.2 Å². The largest absolute Gasteiger partial charge is 0.452 e. The number of pyridine rings is 1. The Hall–Kier alpha value is -2.03. The highest BCUT2D eigenvalue weighted by molar-refractivity contribution is 7.99. The third-order valence-electron chi connectivity index (χ3n) is 2.89. The number of alkyl halides is 2. The number of aromatic nitrogens is 1. The molecule has 1 saturated heterocycles. The standard InChI is InChI=1S/C13H12F2N2O4S/c14-13(15)22-11-8(3-1-5-16-11)12(20)21-7-10(19)17-6-2-4-9(17)18/h1,3,5,13H,2,4,6-7H2. The summed E-state index contributed by atoms with van der Waals surface area (Å²) >= 11 is 0.119. The fourth-order valence-electron chi connectivity index (χ4n) is 1.92. The van der Waals surface area contributed by atoms with Gasteiger partial charge in [-0.05, 0) is 30.3 Å². The van der Waals surface area contributed by atoms with Gasteiger partial charge in [0.05, 0.1) is 5.56 Å². The van der Waals surface area contributed by atoms with Gasteiger partial charge in [0.25, 0.3) is 11.7 Å². The Morgan fingerprint density at radius 2 is 2.23 bits per heavy atom. The Bertz CT molecular complexity index is 597. The summed E-state index contributed by atoms with van der Waals surface area (Å²) in [7, 11) is 0. The topological polar surface area (TPSA) is 76.6 Å². The van der Waals surface area contributed by atoms with Crippen molar-refractivity contribution in [2.45, 2.75) is 23.6 Å². The van der Waals surface area contributed by atoms with Gasteiger partial charge in [0.2, 0.25) is 5.91 Å². The number of imide groups is 1. The lowest BCUT2D eigenvalue weighted by atomic mass is 10.3. The van der Waals surface area contributed by atoms with Crippen LogP contribution in [0.2, 0.25) is 0 Å². The fourth-order valence-corrected chi connectivity index (χ4v) is 2.49. The predicted molar refractivity (Wildman–Crippen MR) is 72.3 cm³/mol. The molecule has 0 spiro atoms. The van der Waals surface area contributed by atoms with Gasteiger partial charge in [0.1, 0.15) is 5.03 Å². The highest BCUT2D eigenvalue weighted by atomic mass is 32.2. The van der Waals surface area contributed by atoms with Gasteiger partial charge in [-0.2, -0.15) is 8.78 Å². The molecule has 1 aromatic rings. The molecule has 2 amide bonds. The van der Waals surface area contributed by atoms with Crippen LogP contribution in [0.1, 0.15) is 23.2 Å². The van der Waals surface area contributed by atoms with E-state index in [1.807, 2.05) is 0 Å². The highest BCUT2D eigenvalue weighted by Crippen LogP contribution is 2.26. The van der Waals surface area contributed by atoms with E-state index < -0.39 is 24.2 Å². The van der Waals surface area contributed by atoms with E-state index in [1.54, 1.807) is 0 Å². The molecular formula is C13H12F2N2O4S. The molecule has 2 heterocycles. The van der Waals surface area contributed by atoms with Crippen LogP contribution in [-0.2, 0) is 14.3 Å². The summed E-state index contributed by atoms with van der Waals surface area (Å²) < 4.78 is 29.6. The Balaban J connectivity index is 1.98. The average molecular weight is 330 g/mol. The molecule has 1 fully saturated rings. The first kappa shape index (κ1) is 16.3. The second-order valence-corrected chi connectivity index (χ2v) is 5.33. The van der Waals surface area contributed by atoms with E-state index in [2.05, 4.69) is 4.98 Å². The van der Waals surface area contributed by atoms with Crippen LogP contribution in [0.3, 0.4) is 0 Å². The lowest BCUT2D eigenvalue weighted by Gasteiger charge is -2.13. The summed E-state index contributed by atoms with van der Waals surface area (Å²) in [5.41, 5.74) is -0.145. The minimum atomic E-state index is -2.73. The molecule has 9 heteroatoms. The summed E-state index contributed by atoms with van der Waals surface area (Å²) in [5.74, 6) is -4.60. The number of likely N-dealkylation sites (tertiary alicyclic amines) is 1. The normalized spacial score (nSPS) is 14.5. The second-order valence-electron chi connectivity index (χ2n) is 4.35. The van der Waals surface area contributed by atoms with Crippen molar-refractivity contribution in [2.24, 2.45) is 0 Å². The number of esters is 1. The maximum Gasteiger partial charge on any atom is 0.341 e. The van der Waals surface area contributed by atoms with E-state index in [0.29, 0.717) is 13.0 Å². The van der Waals surface area contributed by atoms with Crippen LogP contribution in [0.25, 0.3) is 0 Å². The number of nitrogens with zero attached hydrogens (tertiary/aromatic N) is 2. The van der Waals surface area contributed by atoms with Gasteiger partial charge in [-0.15, -0.1) is 0 Å². The fraction of sp³-hybridized carbons (Fsp3) is 0.385. The molecule has 1 aliphatic heterocycles. The molecule has 118 valence electrons. The van der Waals surface area contributed by atoms with Crippen molar-refractivity contribution in [1.29, 1.82) is 0 Å². The highest BCUT2D eigenvalue weighted by Gasteiger charge is 2.27. The van der Waals surface area contributed by atoms with Crippen molar-refractivity contribution in [2.75, 3.05) is 13.2 Å². The van der Waals surface area contributed by atoms with Gasteiger partial charge in [-0.3, -0.25) is 14.5 Å². The molecule has 0 aromatic carbocycles. The molecule has 2 rings (SSSR count). The van der Waals surface area contributed by atoms with Crippen molar-refractivity contribution in [3.63, 3.8) is 0 Å². The third-order valence-corrected chi connectivity index (χ3v) is 3.62. The number of carbonyl (C=O) groups excluding carboxylic acids is 3. The molecule has 0 radical (unpaired) electrons. The minimum Gasteiger partial charge on any atom is -0.452 e. The lowest BCUT2D eigenvalue weighted by Crippen LogP contribution is -2.35. The molecular weight excluding hydrogens is 318 g/mol. The monoisotopic (exact) mass is 330 g/mol. The van der Waals surface area contributed by atoms with Crippen LogP contribution in [0.5, 0.6) is 0 Å². The predicted octanol–water partition coefficient (Wildman–Crippen LogP) is 1.70. The zero-order valence-electron chi connectivity index (χ0n) is 11.3. The van der Waals surface area contributed by atoms with Crippen LogP contribution < -0.4 is 0 Å². The Labute approximate surface area is 128 Å². The van der Waals surface area contributed by atoms with Crippen LogP contribution in [0, 0.1) is 0 Å². The number of amides is 2. The molecule has 0 bridgehead atoms. The minimum absolute atomic E-state index is 0.119. The van der Waals surface area contributed by atoms with E-state index in [1.165, 1.54) is 18.3 Å². The number of hydrogen-bond donors (Lipinski definition) is 0. The number of ether oxygens (including phenoxy) is 1. The van der Waals surface area contributed by atoms with Gasteiger partial charge in [-0.25, -0.2) is 9.78 Å². The SMILES string of the molecule is O=C(OCC(=O)N1CCCC1=O)c1cccnc1SC(F)F. The van der Waals surface area contributed by atoms with Crippen LogP contribution in [0.4, 0.5) is 8.78 Å². The molecule has 0 aliphatic carbocycles. The first-order valence-corrected chi connectivity index (χ1v) is 7.27. The summed E-state index contributed by atoms with van der Waals surface area (Å²) in [6.07, 6.45) is 2.14. The maximum atomic E-state index is 12.4. The first-order chi connectivity index (χ1) is 10.5. The number of carbonyl (C=O) groups is 3. The number of rotatable bonds is 5. The zero-order chi connectivity index (χ0) is 16.1. The molecule has 0 N–H and O–H groups in total. The quantitative estimate of drug-likeness (QED) is 0.604. The van der Waals surface area contributed by atoms with Gasteiger partial charge < -0.3 is 4.74 Å². The number of hydrogen-bond acceptors (Lipinski definition) is 6. The molecule has 1 aliphatic rings. The third kappa shape index (κ3) is 4.00. The second kappa shape index (κ2) is 7.30. The number of thioether (sulfide) groups is 1. The van der Waals surface area contributed by atoms with E-state index in [4.69, 9.17) is 4.74 Å². The van der Waals surface area contributed by atoms with Crippen molar-refractivity contribution in [3.05, 3.63) is 23.9 Å². The zero-order valence-corrected chi connectivity index (χ0v) is 12.1. The summed E-state index contributed by atoms with van der Waals surface area (Å²) in [4.78, 5) is 39.7. The maximum absolute atomic E-state index is 12.4. The van der Waals surface area contributed by atoms with Gasteiger partial charge in [-0.1, -0.05) is 0 Å². The number of halogens is 2. The molecule has 6 nitrogen and oxygen atoms in total. The molecule has 22 heavy (non-hydrogen) atoms. The Morgan fingerprint density at radius 1 is 1.45 bits per heavy atom. The molecule has 0 atom stereocenters. The van der Waals surface area contributed by atoms with E-state index in [-0.39, 0.29) is 34.7 Å². The van der Waals surface area contributed by atoms with Crippen molar-refractivity contribution in [3.8, 4) is 0 Å². The van der Waals surface area contributed by atoms with Gasteiger partial charge >= 0.3 is 5.97 Å².